The van der Waals surface area contributed by atoms with Crippen LogP contribution in [0, 0.1) is 0 Å². The Morgan fingerprint density at radius 3 is 2.81 bits per heavy atom. The Hall–Kier alpha value is -1.32. The molecular weight excluding hydrogens is 260 g/mol. The van der Waals surface area contributed by atoms with Gasteiger partial charge in [0.2, 0.25) is 0 Å². The third-order valence-electron chi connectivity index (χ3n) is 3.92. The van der Waals surface area contributed by atoms with E-state index in [-0.39, 0.29) is 0 Å². The van der Waals surface area contributed by atoms with Crippen LogP contribution in [0.3, 0.4) is 0 Å². The molecule has 1 N–H and O–H groups in total. The number of unbranched alkanes of at least 4 members (excludes halogenated alkanes) is 3. The van der Waals surface area contributed by atoms with Gasteiger partial charge in [0.1, 0.15) is 0 Å². The van der Waals surface area contributed by atoms with E-state index in [1.54, 1.807) is 7.11 Å². The molecule has 116 valence electrons. The van der Waals surface area contributed by atoms with Crippen LogP contribution < -0.4 is 5.32 Å². The number of ether oxygens (including phenoxy) is 1. The molecule has 0 radical (unpaired) electrons. The van der Waals surface area contributed by atoms with Crippen LogP contribution in [0.5, 0.6) is 0 Å². The van der Waals surface area contributed by atoms with E-state index in [9.17, 15) is 0 Å². The van der Waals surface area contributed by atoms with Crippen molar-refractivity contribution in [3.63, 3.8) is 0 Å². The number of para-hydroxylation sites is 1. The first-order valence-electron chi connectivity index (χ1n) is 8.13. The summed E-state index contributed by atoms with van der Waals surface area (Å²) in [7, 11) is 1.74. The number of hydrogen-bond donors (Lipinski definition) is 1. The number of hydrogen-bond acceptors (Lipinski definition) is 2. The van der Waals surface area contributed by atoms with Gasteiger partial charge < -0.3 is 14.6 Å². The fourth-order valence-corrected chi connectivity index (χ4v) is 2.75. The smallest absolute Gasteiger partial charge is 0.0587 e. The van der Waals surface area contributed by atoms with Gasteiger partial charge in [-0.05, 0) is 18.1 Å². The highest BCUT2D eigenvalue weighted by Gasteiger charge is 2.07. The number of benzene rings is 1. The number of aromatic nitrogens is 1. The van der Waals surface area contributed by atoms with Crippen LogP contribution >= 0.6 is 0 Å². The largest absolute Gasteiger partial charge is 0.383 e. The van der Waals surface area contributed by atoms with Crippen molar-refractivity contribution < 1.29 is 4.74 Å². The van der Waals surface area contributed by atoms with Gasteiger partial charge in [0, 0.05) is 43.8 Å². The zero-order valence-corrected chi connectivity index (χ0v) is 13.4. The molecule has 0 aliphatic heterocycles. The zero-order valence-electron chi connectivity index (χ0n) is 13.4. The highest BCUT2D eigenvalue weighted by Crippen LogP contribution is 2.22. The van der Waals surface area contributed by atoms with Crippen molar-refractivity contribution >= 4 is 10.9 Å². The van der Waals surface area contributed by atoms with Gasteiger partial charge in [0.25, 0.3) is 0 Å². The minimum atomic E-state index is 0.760. The molecule has 0 fully saturated rings. The number of fused-ring (bicyclic) bond motifs is 1. The van der Waals surface area contributed by atoms with Crippen LogP contribution in [0.15, 0.2) is 30.5 Å². The monoisotopic (exact) mass is 288 g/mol. The first kappa shape index (κ1) is 16.1. The second-order valence-electron chi connectivity index (χ2n) is 5.60. The second kappa shape index (κ2) is 8.85. The summed E-state index contributed by atoms with van der Waals surface area (Å²) in [4.78, 5) is 0. The maximum Gasteiger partial charge on any atom is 0.0587 e. The molecule has 0 unspecified atom stereocenters. The third-order valence-corrected chi connectivity index (χ3v) is 3.92. The van der Waals surface area contributed by atoms with Crippen molar-refractivity contribution in [2.24, 2.45) is 0 Å². The van der Waals surface area contributed by atoms with Gasteiger partial charge in [-0.2, -0.15) is 0 Å². The van der Waals surface area contributed by atoms with Crippen LogP contribution in [0.25, 0.3) is 10.9 Å². The number of nitrogens with one attached hydrogen (secondary N) is 1. The van der Waals surface area contributed by atoms with Crippen LogP contribution in [-0.4, -0.2) is 24.8 Å². The molecule has 21 heavy (non-hydrogen) atoms. The molecule has 0 saturated carbocycles. The molecule has 0 aliphatic carbocycles. The van der Waals surface area contributed by atoms with Crippen molar-refractivity contribution in [2.75, 3.05) is 20.3 Å². The summed E-state index contributed by atoms with van der Waals surface area (Å²) >= 11 is 0. The van der Waals surface area contributed by atoms with Gasteiger partial charge in [0.15, 0.2) is 0 Å². The van der Waals surface area contributed by atoms with E-state index in [0.29, 0.717) is 0 Å². The third kappa shape index (κ3) is 4.58. The molecule has 3 heteroatoms. The molecule has 0 atom stereocenters. The fraction of sp³-hybridized carbons (Fsp3) is 0.556. The summed E-state index contributed by atoms with van der Waals surface area (Å²) in [5.41, 5.74) is 2.75. The Morgan fingerprint density at radius 1 is 1.14 bits per heavy atom. The lowest BCUT2D eigenvalue weighted by Gasteiger charge is -2.04. The molecule has 0 spiro atoms. The van der Waals surface area contributed by atoms with E-state index in [1.807, 2.05) is 0 Å². The predicted octanol–water partition coefficient (Wildman–Crippen LogP) is 3.96. The van der Waals surface area contributed by atoms with Crippen molar-refractivity contribution in [2.45, 2.75) is 45.7 Å². The quantitative estimate of drug-likeness (QED) is 0.670. The molecule has 0 saturated heterocycles. The van der Waals surface area contributed by atoms with Gasteiger partial charge in [0.05, 0.1) is 6.61 Å². The van der Waals surface area contributed by atoms with Crippen LogP contribution in [0.2, 0.25) is 0 Å². The lowest BCUT2D eigenvalue weighted by Crippen LogP contribution is -2.18. The number of methoxy groups -OCH3 is 1. The van der Waals surface area contributed by atoms with E-state index in [2.05, 4.69) is 47.3 Å². The molecule has 0 aliphatic rings. The molecule has 0 amide bonds. The summed E-state index contributed by atoms with van der Waals surface area (Å²) in [5, 5.41) is 4.82. The van der Waals surface area contributed by atoms with Gasteiger partial charge in [-0.15, -0.1) is 0 Å². The van der Waals surface area contributed by atoms with E-state index in [0.717, 1.165) is 26.2 Å². The number of aryl methyl sites for hydroxylation is 1. The van der Waals surface area contributed by atoms with Crippen molar-refractivity contribution in [1.82, 2.24) is 9.88 Å². The second-order valence-corrected chi connectivity index (χ2v) is 5.60. The molecular formula is C18H28N2O. The Balaban J connectivity index is 2.03. The topological polar surface area (TPSA) is 26.2 Å². The molecule has 1 aromatic heterocycles. The molecule has 3 nitrogen and oxygen atoms in total. The van der Waals surface area contributed by atoms with Crippen LogP contribution in [-0.2, 0) is 17.8 Å². The Morgan fingerprint density at radius 2 is 2.00 bits per heavy atom. The number of nitrogens with zero attached hydrogens (tertiary/aromatic N) is 1. The zero-order chi connectivity index (χ0) is 14.9. The SMILES string of the molecule is CCCCCCn1cc(CNCCOC)c2ccccc21. The molecule has 1 aromatic carbocycles. The minimum absolute atomic E-state index is 0.760. The van der Waals surface area contributed by atoms with Gasteiger partial charge in [-0.3, -0.25) is 0 Å². The fourth-order valence-electron chi connectivity index (χ4n) is 2.75. The van der Waals surface area contributed by atoms with E-state index < -0.39 is 0 Å². The van der Waals surface area contributed by atoms with E-state index in [4.69, 9.17) is 4.74 Å². The van der Waals surface area contributed by atoms with E-state index >= 15 is 0 Å². The van der Waals surface area contributed by atoms with Crippen molar-refractivity contribution in [1.29, 1.82) is 0 Å². The Bertz CT molecular complexity index is 487. The molecule has 0 bridgehead atoms. The van der Waals surface area contributed by atoms with E-state index in [1.165, 1.54) is 42.1 Å². The first-order valence-corrected chi connectivity index (χ1v) is 8.13. The number of rotatable bonds is 10. The molecule has 2 rings (SSSR count). The maximum absolute atomic E-state index is 5.08. The van der Waals surface area contributed by atoms with Gasteiger partial charge in [-0.1, -0.05) is 44.4 Å². The van der Waals surface area contributed by atoms with Crippen molar-refractivity contribution in [3.8, 4) is 0 Å². The lowest BCUT2D eigenvalue weighted by atomic mass is 10.2. The highest BCUT2D eigenvalue weighted by molar-refractivity contribution is 5.83. The van der Waals surface area contributed by atoms with Gasteiger partial charge in [-0.25, -0.2) is 0 Å². The average Bonchev–Trinajstić information content (AvgIpc) is 2.87. The summed E-state index contributed by atoms with van der Waals surface area (Å²) in [6, 6.07) is 8.72. The first-order chi connectivity index (χ1) is 10.4. The van der Waals surface area contributed by atoms with Crippen LogP contribution in [0.1, 0.15) is 38.2 Å². The normalized spacial score (nSPS) is 11.3. The molecule has 2 aromatic rings. The summed E-state index contributed by atoms with van der Waals surface area (Å²) < 4.78 is 7.50. The predicted molar refractivity (Wildman–Crippen MR) is 89.7 cm³/mol. The molecule has 1 heterocycles. The minimum Gasteiger partial charge on any atom is -0.383 e. The maximum atomic E-state index is 5.08. The lowest BCUT2D eigenvalue weighted by molar-refractivity contribution is 0.199. The highest BCUT2D eigenvalue weighted by atomic mass is 16.5. The standard InChI is InChI=1S/C18H28N2O/c1-3-4-5-8-12-20-15-16(14-19-11-13-21-2)17-9-6-7-10-18(17)20/h6-7,9-10,15,19H,3-5,8,11-14H2,1-2H3. The summed E-state index contributed by atoms with van der Waals surface area (Å²) in [6.07, 6.45) is 7.54. The van der Waals surface area contributed by atoms with Crippen molar-refractivity contribution in [3.05, 3.63) is 36.0 Å². The van der Waals surface area contributed by atoms with Gasteiger partial charge >= 0.3 is 0 Å². The summed E-state index contributed by atoms with van der Waals surface area (Å²) in [5.74, 6) is 0. The summed E-state index contributed by atoms with van der Waals surface area (Å²) in [6.45, 7) is 5.95. The van der Waals surface area contributed by atoms with Crippen LogP contribution in [0.4, 0.5) is 0 Å². The average molecular weight is 288 g/mol. The Kier molecular flexibility index (Phi) is 6.77. The Labute approximate surface area is 128 Å².